The van der Waals surface area contributed by atoms with Gasteiger partial charge in [-0.15, -0.1) is 0 Å². The first-order valence-corrected chi connectivity index (χ1v) is 5.17. The van der Waals surface area contributed by atoms with Crippen molar-refractivity contribution in [1.82, 2.24) is 0 Å². The molecule has 0 aliphatic carbocycles. The molecule has 94 valence electrons. The van der Waals surface area contributed by atoms with Gasteiger partial charge >= 0.3 is 11.6 Å². The Balaban J connectivity index is 2.67. The summed E-state index contributed by atoms with van der Waals surface area (Å²) in [5.41, 5.74) is -1.71. The second kappa shape index (κ2) is 4.48. The van der Waals surface area contributed by atoms with E-state index in [0.29, 0.717) is 0 Å². The zero-order chi connectivity index (χ0) is 13.3. The van der Waals surface area contributed by atoms with Gasteiger partial charge in [0.1, 0.15) is 5.56 Å². The summed E-state index contributed by atoms with van der Waals surface area (Å²) in [5, 5.41) is 9.33. The van der Waals surface area contributed by atoms with Crippen LogP contribution in [-0.4, -0.2) is 17.7 Å². The molecule has 2 rings (SSSR count). The molecule has 0 amide bonds. The lowest BCUT2D eigenvalue weighted by atomic mass is 10.1. The highest BCUT2D eigenvalue weighted by Gasteiger charge is 2.17. The molecule has 0 radical (unpaired) electrons. The fourth-order valence-corrected chi connectivity index (χ4v) is 1.49. The third-order valence-corrected chi connectivity index (χ3v) is 2.32. The van der Waals surface area contributed by atoms with E-state index in [1.54, 1.807) is 6.92 Å². The highest BCUT2D eigenvalue weighted by Crippen LogP contribution is 2.24. The maximum atomic E-state index is 13.5. The summed E-state index contributed by atoms with van der Waals surface area (Å²) in [5.74, 6) is -2.50. The van der Waals surface area contributed by atoms with E-state index in [1.807, 2.05) is 0 Å². The Morgan fingerprint density at radius 3 is 2.89 bits per heavy atom. The number of esters is 1. The monoisotopic (exact) mass is 252 g/mol. The molecule has 0 atom stereocenters. The van der Waals surface area contributed by atoms with E-state index < -0.39 is 28.7 Å². The smallest absolute Gasteiger partial charge is 0.351 e. The summed E-state index contributed by atoms with van der Waals surface area (Å²) in [6.45, 7) is 1.71. The molecule has 6 heteroatoms. The summed E-state index contributed by atoms with van der Waals surface area (Å²) in [6, 6.07) is 3.60. The quantitative estimate of drug-likeness (QED) is 0.651. The van der Waals surface area contributed by atoms with Crippen LogP contribution in [0.5, 0.6) is 5.75 Å². The van der Waals surface area contributed by atoms with E-state index in [2.05, 4.69) is 9.15 Å². The van der Waals surface area contributed by atoms with Gasteiger partial charge in [-0.2, -0.15) is 4.39 Å². The van der Waals surface area contributed by atoms with E-state index in [1.165, 1.54) is 12.1 Å². The lowest BCUT2D eigenvalue weighted by Gasteiger charge is -2.03. The number of phenolic OH excluding ortho intramolecular Hbond substituents is 1. The van der Waals surface area contributed by atoms with Crippen LogP contribution < -0.4 is 5.63 Å². The van der Waals surface area contributed by atoms with E-state index >= 15 is 0 Å². The number of hydrogen-bond donors (Lipinski definition) is 1. The molecular formula is C12H9FO5. The van der Waals surface area contributed by atoms with Gasteiger partial charge < -0.3 is 14.3 Å². The molecule has 1 aromatic carbocycles. The standard InChI is InChI=1S/C12H9FO5/c1-2-17-11(15)7-5-6-3-4-8(14)9(13)10(6)18-12(7)16/h3-5,14H,2H2,1H3. The van der Waals surface area contributed by atoms with Crippen molar-refractivity contribution < 1.29 is 23.4 Å². The molecule has 5 nitrogen and oxygen atoms in total. The Kier molecular flexibility index (Phi) is 3.01. The van der Waals surface area contributed by atoms with Crippen molar-refractivity contribution in [2.45, 2.75) is 6.92 Å². The molecule has 0 saturated carbocycles. The fraction of sp³-hybridized carbons (Fsp3) is 0.167. The van der Waals surface area contributed by atoms with Crippen LogP contribution in [0.2, 0.25) is 0 Å². The van der Waals surface area contributed by atoms with E-state index in [-0.39, 0.29) is 17.6 Å². The third kappa shape index (κ3) is 1.92. The van der Waals surface area contributed by atoms with E-state index in [9.17, 15) is 14.0 Å². The molecule has 0 spiro atoms. The van der Waals surface area contributed by atoms with Gasteiger partial charge in [0.25, 0.3) is 0 Å². The van der Waals surface area contributed by atoms with E-state index in [0.717, 1.165) is 6.07 Å². The predicted octanol–water partition coefficient (Wildman–Crippen LogP) is 1.81. The van der Waals surface area contributed by atoms with Gasteiger partial charge in [-0.05, 0) is 25.1 Å². The lowest BCUT2D eigenvalue weighted by molar-refractivity contribution is 0.0521. The molecule has 1 N–H and O–H groups in total. The maximum Gasteiger partial charge on any atom is 0.351 e. The van der Waals surface area contributed by atoms with Crippen LogP contribution in [0.15, 0.2) is 27.4 Å². The second-order valence-corrected chi connectivity index (χ2v) is 3.49. The average molecular weight is 252 g/mol. The number of fused-ring (bicyclic) bond motifs is 1. The van der Waals surface area contributed by atoms with Gasteiger partial charge in [-0.25, -0.2) is 9.59 Å². The SMILES string of the molecule is CCOC(=O)c1cc2ccc(O)c(F)c2oc1=O. The molecule has 0 unspecified atom stereocenters. The van der Waals surface area contributed by atoms with Crippen LogP contribution in [-0.2, 0) is 4.74 Å². The number of ether oxygens (including phenoxy) is 1. The van der Waals surface area contributed by atoms with Gasteiger partial charge in [-0.1, -0.05) is 0 Å². The molecule has 0 bridgehead atoms. The van der Waals surface area contributed by atoms with Crippen LogP contribution in [0.25, 0.3) is 11.0 Å². The fourth-order valence-electron chi connectivity index (χ4n) is 1.49. The molecule has 0 aliphatic heterocycles. The van der Waals surface area contributed by atoms with Crippen LogP contribution in [0.3, 0.4) is 0 Å². The van der Waals surface area contributed by atoms with Crippen molar-refractivity contribution in [2.75, 3.05) is 6.61 Å². The molecule has 0 aliphatic rings. The van der Waals surface area contributed by atoms with Gasteiger partial charge in [0.15, 0.2) is 11.3 Å². The van der Waals surface area contributed by atoms with Crippen molar-refractivity contribution in [3.63, 3.8) is 0 Å². The summed E-state index contributed by atoms with van der Waals surface area (Å²) in [7, 11) is 0. The van der Waals surface area contributed by atoms with Gasteiger partial charge in [0.2, 0.25) is 5.82 Å². The average Bonchev–Trinajstić information content (AvgIpc) is 2.34. The number of aromatic hydroxyl groups is 1. The molecular weight excluding hydrogens is 243 g/mol. The first kappa shape index (κ1) is 12.1. The third-order valence-electron chi connectivity index (χ3n) is 2.32. The van der Waals surface area contributed by atoms with Crippen LogP contribution in [0, 0.1) is 5.82 Å². The minimum absolute atomic E-state index is 0.111. The summed E-state index contributed by atoms with van der Waals surface area (Å²) >= 11 is 0. The Labute approximate surface area is 100 Å². The lowest BCUT2D eigenvalue weighted by Crippen LogP contribution is -2.16. The van der Waals surface area contributed by atoms with Crippen molar-refractivity contribution in [3.8, 4) is 5.75 Å². The Morgan fingerprint density at radius 1 is 1.50 bits per heavy atom. The Morgan fingerprint density at radius 2 is 2.22 bits per heavy atom. The highest BCUT2D eigenvalue weighted by atomic mass is 19.1. The Bertz CT molecular complexity index is 674. The van der Waals surface area contributed by atoms with Crippen molar-refractivity contribution in [1.29, 1.82) is 0 Å². The number of halogens is 1. The molecule has 2 aromatic rings. The number of benzene rings is 1. The summed E-state index contributed by atoms with van der Waals surface area (Å²) in [4.78, 5) is 22.9. The molecule has 18 heavy (non-hydrogen) atoms. The van der Waals surface area contributed by atoms with Gasteiger partial charge in [-0.3, -0.25) is 0 Å². The number of carbonyl (C=O) groups is 1. The second-order valence-electron chi connectivity index (χ2n) is 3.49. The van der Waals surface area contributed by atoms with Crippen molar-refractivity contribution in [2.24, 2.45) is 0 Å². The Hall–Kier alpha value is -2.37. The highest BCUT2D eigenvalue weighted by molar-refractivity contribution is 5.93. The zero-order valence-corrected chi connectivity index (χ0v) is 9.40. The van der Waals surface area contributed by atoms with Crippen molar-refractivity contribution in [3.05, 3.63) is 40.0 Å². The molecule has 0 fully saturated rings. The van der Waals surface area contributed by atoms with Gasteiger partial charge in [0.05, 0.1) is 6.61 Å². The van der Waals surface area contributed by atoms with Crippen LogP contribution in [0.4, 0.5) is 4.39 Å². The number of rotatable bonds is 2. The number of carbonyl (C=O) groups excluding carboxylic acids is 1. The largest absolute Gasteiger partial charge is 0.505 e. The minimum Gasteiger partial charge on any atom is -0.505 e. The molecule has 1 heterocycles. The van der Waals surface area contributed by atoms with Crippen LogP contribution >= 0.6 is 0 Å². The maximum absolute atomic E-state index is 13.5. The van der Waals surface area contributed by atoms with Crippen LogP contribution in [0.1, 0.15) is 17.3 Å². The summed E-state index contributed by atoms with van der Waals surface area (Å²) < 4.78 is 22.8. The predicted molar refractivity (Wildman–Crippen MR) is 60.1 cm³/mol. The molecule has 0 saturated heterocycles. The van der Waals surface area contributed by atoms with Gasteiger partial charge in [0, 0.05) is 5.39 Å². The molecule has 1 aromatic heterocycles. The summed E-state index contributed by atoms with van der Waals surface area (Å²) in [6.07, 6.45) is 0. The topological polar surface area (TPSA) is 76.7 Å². The van der Waals surface area contributed by atoms with E-state index in [4.69, 9.17) is 5.11 Å². The number of phenols is 1. The first-order valence-electron chi connectivity index (χ1n) is 5.17. The van der Waals surface area contributed by atoms with Crippen molar-refractivity contribution >= 4 is 16.9 Å². The normalized spacial score (nSPS) is 10.6. The minimum atomic E-state index is -1.04. The zero-order valence-electron chi connectivity index (χ0n) is 9.40. The number of hydrogen-bond acceptors (Lipinski definition) is 5. The first-order chi connectivity index (χ1) is 8.54.